The van der Waals surface area contributed by atoms with E-state index in [1.807, 2.05) is 26.8 Å². The lowest BCUT2D eigenvalue weighted by Crippen LogP contribution is -2.22. The second kappa shape index (κ2) is 6.74. The lowest BCUT2D eigenvalue weighted by atomic mass is 10.1. The molecular weight excluding hydrogens is 348 g/mol. The lowest BCUT2D eigenvalue weighted by molar-refractivity contribution is 0.0514. The van der Waals surface area contributed by atoms with E-state index < -0.39 is 5.97 Å². The largest absolute Gasteiger partial charge is 0.383 e. The second-order valence-electron chi connectivity index (χ2n) is 4.97. The number of hydrogen-bond acceptors (Lipinski definition) is 4. The van der Waals surface area contributed by atoms with Gasteiger partial charge in [0.2, 0.25) is 0 Å². The van der Waals surface area contributed by atoms with Gasteiger partial charge in [0.25, 0.3) is 0 Å². The number of benzene rings is 1. The van der Waals surface area contributed by atoms with Crippen LogP contribution in [0, 0.1) is 20.8 Å². The number of nitrogens with two attached hydrogens (primary N) is 1. The Labute approximate surface area is 137 Å². The summed E-state index contributed by atoms with van der Waals surface area (Å²) in [6.45, 7) is 5.95. The minimum Gasteiger partial charge on any atom is -0.383 e. The van der Waals surface area contributed by atoms with Crippen LogP contribution < -0.4 is 5.73 Å². The van der Waals surface area contributed by atoms with Crippen LogP contribution in [-0.4, -0.2) is 21.6 Å². The zero-order valence-electron chi connectivity index (χ0n) is 12.6. The monoisotopic (exact) mass is 364 g/mol. The molecule has 1 aromatic carbocycles. The van der Waals surface area contributed by atoms with Crippen molar-refractivity contribution in [3.8, 4) is 0 Å². The van der Waals surface area contributed by atoms with Crippen LogP contribution in [-0.2, 0) is 11.4 Å². The first kappa shape index (κ1) is 16.2. The van der Waals surface area contributed by atoms with Gasteiger partial charge in [-0.15, -0.1) is 0 Å². The van der Waals surface area contributed by atoms with E-state index in [-0.39, 0.29) is 12.4 Å². The number of hydrogen-bond donors (Lipinski definition) is 1. The minimum atomic E-state index is -0.541. The Balaban J connectivity index is 2.03. The Kier molecular flexibility index (Phi) is 4.97. The van der Waals surface area contributed by atoms with Crippen molar-refractivity contribution in [2.45, 2.75) is 27.3 Å². The average Bonchev–Trinajstić information content (AvgIpc) is 2.72. The highest BCUT2D eigenvalue weighted by Gasteiger charge is 2.11. The molecule has 0 aliphatic carbocycles. The average molecular weight is 365 g/mol. The number of nitrogens with zero attached hydrogens (tertiary/aromatic N) is 3. The number of aryl methyl sites for hydroxylation is 2. The predicted octanol–water partition coefficient (Wildman–Crippen LogP) is 2.70. The zero-order valence-corrected chi connectivity index (χ0v) is 14.2. The van der Waals surface area contributed by atoms with Gasteiger partial charge in [0.05, 0.1) is 21.4 Å². The fourth-order valence-corrected chi connectivity index (χ4v) is 2.22. The number of amidine groups is 1. The smallest absolute Gasteiger partial charge is 0.365 e. The predicted molar refractivity (Wildman–Crippen MR) is 87.6 cm³/mol. The summed E-state index contributed by atoms with van der Waals surface area (Å²) < 4.78 is 2.62. The zero-order chi connectivity index (χ0) is 16.3. The van der Waals surface area contributed by atoms with E-state index in [2.05, 4.69) is 26.2 Å². The number of carbonyl (C=O) groups is 1. The third-order valence-corrected chi connectivity index (χ3v) is 4.25. The normalized spacial score (nSPS) is 11.5. The highest BCUT2D eigenvalue weighted by molar-refractivity contribution is 9.10. The van der Waals surface area contributed by atoms with E-state index in [0.29, 0.717) is 5.56 Å². The van der Waals surface area contributed by atoms with E-state index in [9.17, 15) is 4.79 Å². The van der Waals surface area contributed by atoms with Gasteiger partial charge in [-0.05, 0) is 48.8 Å². The van der Waals surface area contributed by atoms with Crippen molar-refractivity contribution in [3.05, 3.63) is 51.3 Å². The molecule has 22 heavy (non-hydrogen) atoms. The van der Waals surface area contributed by atoms with Gasteiger partial charge in [0.1, 0.15) is 6.54 Å². The van der Waals surface area contributed by atoms with E-state index in [0.717, 1.165) is 21.4 Å². The summed E-state index contributed by atoms with van der Waals surface area (Å²) in [6, 6.07) is 7.08. The van der Waals surface area contributed by atoms with Gasteiger partial charge in [0, 0.05) is 0 Å². The number of carbonyl (C=O) groups excluding carboxylic acids is 1. The summed E-state index contributed by atoms with van der Waals surface area (Å²) in [5.41, 5.74) is 8.99. The maximum atomic E-state index is 11.9. The van der Waals surface area contributed by atoms with Crippen LogP contribution in [0.25, 0.3) is 0 Å². The molecule has 7 heteroatoms. The Hall–Kier alpha value is -2.15. The first-order valence-corrected chi connectivity index (χ1v) is 7.47. The van der Waals surface area contributed by atoms with Crippen molar-refractivity contribution < 1.29 is 9.63 Å². The third-order valence-electron chi connectivity index (χ3n) is 3.10. The Morgan fingerprint density at radius 2 is 2.14 bits per heavy atom. The number of rotatable bonds is 4. The second-order valence-corrected chi connectivity index (χ2v) is 5.77. The summed E-state index contributed by atoms with van der Waals surface area (Å²) in [5, 5.41) is 7.99. The van der Waals surface area contributed by atoms with Crippen molar-refractivity contribution in [1.82, 2.24) is 9.78 Å². The maximum Gasteiger partial charge on any atom is 0.365 e. The molecule has 0 atom stereocenters. The topological polar surface area (TPSA) is 82.5 Å². The SMILES string of the molecule is Cc1cccc(C(=O)O/N=C(\N)Cn2nc(C)c(Br)c2C)c1. The Morgan fingerprint density at radius 1 is 1.41 bits per heavy atom. The van der Waals surface area contributed by atoms with Crippen LogP contribution in [0.2, 0.25) is 0 Å². The van der Waals surface area contributed by atoms with Crippen molar-refractivity contribution in [2.75, 3.05) is 0 Å². The molecule has 2 N–H and O–H groups in total. The van der Waals surface area contributed by atoms with Crippen molar-refractivity contribution >= 4 is 27.7 Å². The molecular formula is C15H17BrN4O2. The van der Waals surface area contributed by atoms with Crippen LogP contribution in [0.15, 0.2) is 33.9 Å². The number of halogens is 1. The summed E-state index contributed by atoms with van der Waals surface area (Å²) in [4.78, 5) is 16.7. The van der Waals surface area contributed by atoms with Gasteiger partial charge >= 0.3 is 5.97 Å². The molecule has 0 radical (unpaired) electrons. The van der Waals surface area contributed by atoms with E-state index in [4.69, 9.17) is 10.6 Å². The van der Waals surface area contributed by atoms with Gasteiger partial charge < -0.3 is 10.6 Å². The molecule has 1 heterocycles. The first-order chi connectivity index (χ1) is 10.4. The van der Waals surface area contributed by atoms with Crippen molar-refractivity contribution in [1.29, 1.82) is 0 Å². The van der Waals surface area contributed by atoms with Crippen molar-refractivity contribution in [2.24, 2.45) is 10.9 Å². The van der Waals surface area contributed by atoms with Gasteiger partial charge in [-0.25, -0.2) is 4.79 Å². The quantitative estimate of drug-likeness (QED) is 0.391. The van der Waals surface area contributed by atoms with E-state index >= 15 is 0 Å². The molecule has 1 aromatic heterocycles. The number of aromatic nitrogens is 2. The molecule has 0 saturated heterocycles. The Morgan fingerprint density at radius 3 is 2.73 bits per heavy atom. The Bertz CT molecular complexity index is 737. The first-order valence-electron chi connectivity index (χ1n) is 6.68. The van der Waals surface area contributed by atoms with Crippen LogP contribution in [0.1, 0.15) is 27.3 Å². The maximum absolute atomic E-state index is 11.9. The molecule has 2 rings (SSSR count). The summed E-state index contributed by atoms with van der Waals surface area (Å²) in [7, 11) is 0. The van der Waals surface area contributed by atoms with Crippen LogP contribution in [0.4, 0.5) is 0 Å². The lowest BCUT2D eigenvalue weighted by Gasteiger charge is -2.04. The standard InChI is InChI=1S/C15H17BrN4O2/c1-9-5-4-6-12(7-9)15(21)22-19-13(17)8-20-11(3)14(16)10(2)18-20/h4-7H,8H2,1-3H3,(H2,17,19). The molecule has 116 valence electrons. The van der Waals surface area contributed by atoms with E-state index in [1.54, 1.807) is 22.9 Å². The highest BCUT2D eigenvalue weighted by Crippen LogP contribution is 2.19. The minimum absolute atomic E-state index is 0.166. The molecule has 0 spiro atoms. The van der Waals surface area contributed by atoms with Crippen LogP contribution in [0.5, 0.6) is 0 Å². The van der Waals surface area contributed by atoms with E-state index in [1.165, 1.54) is 0 Å². The summed E-state index contributed by atoms with van der Waals surface area (Å²) in [6.07, 6.45) is 0. The van der Waals surface area contributed by atoms with Crippen molar-refractivity contribution in [3.63, 3.8) is 0 Å². The molecule has 0 amide bonds. The molecule has 6 nitrogen and oxygen atoms in total. The van der Waals surface area contributed by atoms with Gasteiger partial charge in [-0.3, -0.25) is 4.68 Å². The molecule has 0 fully saturated rings. The number of oxime groups is 1. The van der Waals surface area contributed by atoms with Gasteiger partial charge in [-0.1, -0.05) is 22.9 Å². The molecule has 0 unspecified atom stereocenters. The molecule has 0 aliphatic rings. The van der Waals surface area contributed by atoms with Gasteiger partial charge in [0.15, 0.2) is 5.84 Å². The third kappa shape index (κ3) is 3.73. The molecule has 2 aromatic rings. The molecule has 0 aliphatic heterocycles. The molecule has 0 saturated carbocycles. The summed E-state index contributed by atoms with van der Waals surface area (Å²) >= 11 is 3.44. The van der Waals surface area contributed by atoms with Crippen LogP contribution >= 0.6 is 15.9 Å². The highest BCUT2D eigenvalue weighted by atomic mass is 79.9. The van der Waals surface area contributed by atoms with Crippen LogP contribution in [0.3, 0.4) is 0 Å². The van der Waals surface area contributed by atoms with Gasteiger partial charge in [-0.2, -0.15) is 5.10 Å². The summed E-state index contributed by atoms with van der Waals surface area (Å²) in [5.74, 6) is -0.375. The fourth-order valence-electron chi connectivity index (χ4n) is 1.94. The molecule has 0 bridgehead atoms. The fraction of sp³-hybridized carbons (Fsp3) is 0.267.